The van der Waals surface area contributed by atoms with Crippen molar-refractivity contribution in [3.05, 3.63) is 23.0 Å². The summed E-state index contributed by atoms with van der Waals surface area (Å²) < 4.78 is 0. The highest BCUT2D eigenvalue weighted by molar-refractivity contribution is 5.33. The Kier molecular flexibility index (Phi) is 4.01. The molecule has 1 heteroatoms. The van der Waals surface area contributed by atoms with Gasteiger partial charge in [-0.3, -0.25) is 0 Å². The SMILES string of the molecule is CCCC(C)(C)C(C)=C(O)C1=CCCC1. The lowest BCUT2D eigenvalue weighted by Crippen LogP contribution is -2.15. The van der Waals surface area contributed by atoms with Crippen LogP contribution in [0.5, 0.6) is 0 Å². The van der Waals surface area contributed by atoms with Crippen molar-refractivity contribution in [1.29, 1.82) is 0 Å². The number of rotatable bonds is 4. The van der Waals surface area contributed by atoms with Gasteiger partial charge in [0.1, 0.15) is 5.76 Å². The summed E-state index contributed by atoms with van der Waals surface area (Å²) in [6, 6.07) is 0. The molecular formula is C14H24O. The summed E-state index contributed by atoms with van der Waals surface area (Å²) in [5.74, 6) is 0.561. The molecular weight excluding hydrogens is 184 g/mol. The number of aliphatic hydroxyl groups is 1. The van der Waals surface area contributed by atoms with Crippen molar-refractivity contribution in [2.24, 2.45) is 5.41 Å². The first-order valence-electron chi connectivity index (χ1n) is 6.08. The summed E-state index contributed by atoms with van der Waals surface area (Å²) in [5.41, 5.74) is 2.44. The minimum absolute atomic E-state index is 0.127. The van der Waals surface area contributed by atoms with E-state index in [-0.39, 0.29) is 5.41 Å². The standard InChI is InChI=1S/C14H24O/c1-5-10-14(3,4)11(2)13(15)12-8-6-7-9-12/h8,15H,5-7,9-10H2,1-4H3. The van der Waals surface area contributed by atoms with Gasteiger partial charge in [0.2, 0.25) is 0 Å². The predicted molar refractivity (Wildman–Crippen MR) is 66.0 cm³/mol. The lowest BCUT2D eigenvalue weighted by Gasteiger charge is -2.26. The van der Waals surface area contributed by atoms with Crippen molar-refractivity contribution in [2.45, 2.75) is 59.8 Å². The molecule has 1 aliphatic carbocycles. The predicted octanol–water partition coefficient (Wildman–Crippen LogP) is 4.76. The van der Waals surface area contributed by atoms with Gasteiger partial charge in [0.05, 0.1) is 0 Å². The molecule has 1 N–H and O–H groups in total. The molecule has 0 amide bonds. The van der Waals surface area contributed by atoms with Gasteiger partial charge in [0.25, 0.3) is 0 Å². The van der Waals surface area contributed by atoms with Crippen molar-refractivity contribution in [2.75, 3.05) is 0 Å². The fraction of sp³-hybridized carbons (Fsp3) is 0.714. The van der Waals surface area contributed by atoms with Gasteiger partial charge in [-0.1, -0.05) is 33.3 Å². The molecule has 0 bridgehead atoms. The van der Waals surface area contributed by atoms with Crippen LogP contribution in [0.2, 0.25) is 0 Å². The topological polar surface area (TPSA) is 20.2 Å². The van der Waals surface area contributed by atoms with Crippen LogP contribution >= 0.6 is 0 Å². The summed E-state index contributed by atoms with van der Waals surface area (Å²) in [4.78, 5) is 0. The van der Waals surface area contributed by atoms with E-state index in [1.165, 1.54) is 6.42 Å². The van der Waals surface area contributed by atoms with Crippen LogP contribution in [0.25, 0.3) is 0 Å². The summed E-state index contributed by atoms with van der Waals surface area (Å²) in [6.45, 7) is 8.71. The van der Waals surface area contributed by atoms with E-state index >= 15 is 0 Å². The van der Waals surface area contributed by atoms with Crippen LogP contribution in [0.15, 0.2) is 23.0 Å². The molecule has 15 heavy (non-hydrogen) atoms. The fourth-order valence-corrected chi connectivity index (χ4v) is 2.26. The van der Waals surface area contributed by atoms with E-state index in [1.54, 1.807) is 0 Å². The second-order valence-electron chi connectivity index (χ2n) is 5.23. The zero-order valence-corrected chi connectivity index (χ0v) is 10.6. The van der Waals surface area contributed by atoms with Crippen LogP contribution in [-0.2, 0) is 0 Å². The molecule has 0 radical (unpaired) electrons. The monoisotopic (exact) mass is 208 g/mol. The molecule has 0 fully saturated rings. The highest BCUT2D eigenvalue weighted by atomic mass is 16.3. The average Bonchev–Trinajstić information content (AvgIpc) is 2.68. The Morgan fingerprint density at radius 2 is 2.13 bits per heavy atom. The Labute approximate surface area is 93.9 Å². The molecule has 0 aromatic heterocycles. The van der Waals surface area contributed by atoms with E-state index in [0.29, 0.717) is 5.76 Å². The maximum Gasteiger partial charge on any atom is 0.117 e. The van der Waals surface area contributed by atoms with Crippen LogP contribution in [0.1, 0.15) is 59.8 Å². The number of hydrogen-bond acceptors (Lipinski definition) is 1. The third kappa shape index (κ3) is 2.87. The zero-order valence-electron chi connectivity index (χ0n) is 10.6. The average molecular weight is 208 g/mol. The lowest BCUT2D eigenvalue weighted by molar-refractivity contribution is 0.349. The van der Waals surface area contributed by atoms with Crippen LogP contribution in [0, 0.1) is 5.41 Å². The van der Waals surface area contributed by atoms with Gasteiger partial charge in [-0.15, -0.1) is 0 Å². The molecule has 0 saturated carbocycles. The van der Waals surface area contributed by atoms with E-state index in [1.807, 2.05) is 0 Å². The minimum Gasteiger partial charge on any atom is -0.508 e. The van der Waals surface area contributed by atoms with Crippen molar-refractivity contribution in [1.82, 2.24) is 0 Å². The Bertz CT molecular complexity index is 282. The van der Waals surface area contributed by atoms with Crippen molar-refractivity contribution in [3.8, 4) is 0 Å². The van der Waals surface area contributed by atoms with Gasteiger partial charge >= 0.3 is 0 Å². The molecule has 1 rings (SSSR count). The molecule has 1 aliphatic rings. The molecule has 86 valence electrons. The van der Waals surface area contributed by atoms with Gasteiger partial charge in [-0.2, -0.15) is 0 Å². The normalized spacial score (nSPS) is 18.8. The van der Waals surface area contributed by atoms with E-state index in [0.717, 1.165) is 36.8 Å². The number of hydrogen-bond donors (Lipinski definition) is 1. The first-order valence-corrected chi connectivity index (χ1v) is 6.08. The van der Waals surface area contributed by atoms with Crippen LogP contribution in [0.3, 0.4) is 0 Å². The molecule has 0 saturated heterocycles. The smallest absolute Gasteiger partial charge is 0.117 e. The largest absolute Gasteiger partial charge is 0.508 e. The maximum atomic E-state index is 10.2. The zero-order chi connectivity index (χ0) is 11.5. The minimum atomic E-state index is 0.127. The van der Waals surface area contributed by atoms with Gasteiger partial charge in [-0.05, 0) is 49.2 Å². The molecule has 0 heterocycles. The maximum absolute atomic E-state index is 10.2. The van der Waals surface area contributed by atoms with E-state index in [2.05, 4.69) is 33.8 Å². The highest BCUT2D eigenvalue weighted by Crippen LogP contribution is 2.36. The Balaban J connectivity index is 2.87. The summed E-state index contributed by atoms with van der Waals surface area (Å²) >= 11 is 0. The fourth-order valence-electron chi connectivity index (χ4n) is 2.26. The van der Waals surface area contributed by atoms with Crippen LogP contribution in [-0.4, -0.2) is 5.11 Å². The van der Waals surface area contributed by atoms with Crippen LogP contribution < -0.4 is 0 Å². The van der Waals surface area contributed by atoms with Crippen molar-refractivity contribution in [3.63, 3.8) is 0 Å². The van der Waals surface area contributed by atoms with E-state index < -0.39 is 0 Å². The van der Waals surface area contributed by atoms with Gasteiger partial charge in [0.15, 0.2) is 0 Å². The summed E-state index contributed by atoms with van der Waals surface area (Å²) in [5, 5.41) is 10.2. The van der Waals surface area contributed by atoms with Gasteiger partial charge < -0.3 is 5.11 Å². The van der Waals surface area contributed by atoms with E-state index in [4.69, 9.17) is 0 Å². The Hall–Kier alpha value is -0.720. The first kappa shape index (κ1) is 12.4. The van der Waals surface area contributed by atoms with Crippen molar-refractivity contribution < 1.29 is 5.11 Å². The molecule has 0 spiro atoms. The quantitative estimate of drug-likeness (QED) is 0.661. The summed E-state index contributed by atoms with van der Waals surface area (Å²) in [7, 11) is 0. The molecule has 0 unspecified atom stereocenters. The first-order chi connectivity index (χ1) is 6.99. The molecule has 0 aromatic carbocycles. The van der Waals surface area contributed by atoms with Gasteiger partial charge in [0, 0.05) is 0 Å². The molecule has 0 aromatic rings. The Morgan fingerprint density at radius 3 is 2.60 bits per heavy atom. The molecule has 1 nitrogen and oxygen atoms in total. The van der Waals surface area contributed by atoms with Crippen LogP contribution in [0.4, 0.5) is 0 Å². The van der Waals surface area contributed by atoms with E-state index in [9.17, 15) is 5.11 Å². The molecule has 0 atom stereocenters. The second-order valence-corrected chi connectivity index (χ2v) is 5.23. The van der Waals surface area contributed by atoms with Gasteiger partial charge in [-0.25, -0.2) is 0 Å². The Morgan fingerprint density at radius 1 is 1.47 bits per heavy atom. The lowest BCUT2D eigenvalue weighted by atomic mass is 9.79. The number of aliphatic hydroxyl groups excluding tert-OH is 1. The third-order valence-corrected chi connectivity index (χ3v) is 3.59. The summed E-state index contributed by atoms with van der Waals surface area (Å²) in [6.07, 6.45) is 7.85. The second kappa shape index (κ2) is 4.87. The highest BCUT2D eigenvalue weighted by Gasteiger charge is 2.24. The van der Waals surface area contributed by atoms with Crippen molar-refractivity contribution >= 4 is 0 Å². The third-order valence-electron chi connectivity index (χ3n) is 3.59. The molecule has 0 aliphatic heterocycles. The number of allylic oxidation sites excluding steroid dienone is 3.